The van der Waals surface area contributed by atoms with E-state index in [1.165, 1.54) is 0 Å². The Balaban J connectivity index is 2.16. The first-order valence-corrected chi connectivity index (χ1v) is 9.08. The predicted octanol–water partition coefficient (Wildman–Crippen LogP) is 3.74. The Labute approximate surface area is 159 Å². The molecule has 26 heavy (non-hydrogen) atoms. The molecule has 3 N–H and O–H groups in total. The second kappa shape index (κ2) is 7.73. The van der Waals surface area contributed by atoms with Crippen LogP contribution in [0.2, 0.25) is 5.02 Å². The zero-order valence-electron chi connectivity index (χ0n) is 15.6. The number of alkyl carbamates (subject to hydrolysis) is 1. The van der Waals surface area contributed by atoms with Gasteiger partial charge in [-0.2, -0.15) is 5.26 Å². The van der Waals surface area contributed by atoms with Crippen molar-refractivity contribution >= 4 is 23.4 Å². The molecule has 1 amide bonds. The maximum Gasteiger partial charge on any atom is 0.408 e. The molecule has 0 aliphatic heterocycles. The average Bonchev–Trinajstić information content (AvgIpc) is 2.88. The molecular weight excluding hydrogens is 354 g/mol. The van der Waals surface area contributed by atoms with E-state index in [1.54, 1.807) is 32.9 Å². The number of rotatable bonds is 4. The largest absolute Gasteiger partial charge is 0.444 e. The number of carbonyl (C=O) groups excluding carboxylic acids is 1. The first-order chi connectivity index (χ1) is 12.1. The number of aliphatic hydroxyl groups excluding tert-OH is 1. The van der Waals surface area contributed by atoms with E-state index in [0.29, 0.717) is 30.0 Å². The van der Waals surface area contributed by atoms with Gasteiger partial charge >= 0.3 is 6.09 Å². The Morgan fingerprint density at radius 1 is 1.50 bits per heavy atom. The molecule has 0 aromatic heterocycles. The number of hydrogen-bond acceptors (Lipinski definition) is 5. The van der Waals surface area contributed by atoms with Gasteiger partial charge in [-0.05, 0) is 64.7 Å². The minimum absolute atomic E-state index is 0.330. The Hall–Kier alpha value is -1.97. The molecule has 2 rings (SSSR count). The third-order valence-corrected chi connectivity index (χ3v) is 5.08. The van der Waals surface area contributed by atoms with Crippen molar-refractivity contribution in [2.75, 3.05) is 11.9 Å². The number of nitriles is 1. The highest BCUT2D eigenvalue weighted by atomic mass is 35.5. The molecule has 1 aliphatic carbocycles. The monoisotopic (exact) mass is 379 g/mol. The predicted molar refractivity (Wildman–Crippen MR) is 101 cm³/mol. The van der Waals surface area contributed by atoms with Crippen LogP contribution in [-0.2, 0) is 4.74 Å². The molecule has 0 heterocycles. The van der Waals surface area contributed by atoms with E-state index >= 15 is 0 Å². The highest BCUT2D eigenvalue weighted by Gasteiger charge is 2.44. The average molecular weight is 380 g/mol. The Kier molecular flexibility index (Phi) is 6.05. The van der Waals surface area contributed by atoms with Gasteiger partial charge in [0.15, 0.2) is 0 Å². The van der Waals surface area contributed by atoms with Crippen molar-refractivity contribution in [1.82, 2.24) is 5.32 Å². The fourth-order valence-corrected chi connectivity index (χ4v) is 3.38. The number of aliphatic hydroxyl groups is 1. The summed E-state index contributed by atoms with van der Waals surface area (Å²) in [7, 11) is 0. The minimum Gasteiger partial charge on any atom is -0.444 e. The first kappa shape index (κ1) is 20.3. The van der Waals surface area contributed by atoms with Crippen LogP contribution in [0.25, 0.3) is 0 Å². The number of nitrogens with zero attached hydrogens (tertiary/aromatic N) is 1. The van der Waals surface area contributed by atoms with Crippen LogP contribution in [0.1, 0.15) is 51.2 Å². The lowest BCUT2D eigenvalue weighted by Crippen LogP contribution is -2.58. The van der Waals surface area contributed by atoms with E-state index in [2.05, 4.69) is 10.6 Å². The molecule has 0 unspecified atom stereocenters. The van der Waals surface area contributed by atoms with Gasteiger partial charge in [0.1, 0.15) is 11.7 Å². The van der Waals surface area contributed by atoms with Gasteiger partial charge in [0.25, 0.3) is 0 Å². The molecule has 0 spiro atoms. The number of hydrogen-bond donors (Lipinski definition) is 3. The smallest absolute Gasteiger partial charge is 0.408 e. The summed E-state index contributed by atoms with van der Waals surface area (Å²) in [6.45, 7) is 7.54. The van der Waals surface area contributed by atoms with Gasteiger partial charge in [0, 0.05) is 12.2 Å². The molecule has 142 valence electrons. The first-order valence-electron chi connectivity index (χ1n) is 8.70. The fraction of sp³-hybridized carbons (Fsp3) is 0.579. The van der Waals surface area contributed by atoms with Crippen LogP contribution in [-0.4, -0.2) is 35.0 Å². The molecule has 0 saturated heterocycles. The lowest BCUT2D eigenvalue weighted by atomic mass is 9.94. The summed E-state index contributed by atoms with van der Waals surface area (Å²) >= 11 is 6.21. The highest BCUT2D eigenvalue weighted by Crippen LogP contribution is 2.33. The summed E-state index contributed by atoms with van der Waals surface area (Å²) in [5, 5.41) is 26.1. The van der Waals surface area contributed by atoms with Crippen molar-refractivity contribution < 1.29 is 14.6 Å². The number of nitrogens with one attached hydrogen (secondary N) is 2. The maximum atomic E-state index is 12.3. The van der Waals surface area contributed by atoms with Gasteiger partial charge in [-0.1, -0.05) is 11.6 Å². The topological polar surface area (TPSA) is 94.4 Å². The van der Waals surface area contributed by atoms with Crippen LogP contribution in [0.5, 0.6) is 0 Å². The lowest BCUT2D eigenvalue weighted by molar-refractivity contribution is 0.0320. The molecule has 1 aromatic carbocycles. The number of carbonyl (C=O) groups is 1. The Morgan fingerprint density at radius 2 is 2.19 bits per heavy atom. The summed E-state index contributed by atoms with van der Waals surface area (Å²) in [5.41, 5.74) is 0.510. The van der Waals surface area contributed by atoms with Crippen LogP contribution in [0.15, 0.2) is 12.1 Å². The molecule has 1 aromatic rings. The maximum absolute atomic E-state index is 12.3. The lowest BCUT2D eigenvalue weighted by Gasteiger charge is -2.35. The van der Waals surface area contributed by atoms with Crippen LogP contribution >= 0.6 is 11.6 Å². The molecule has 1 saturated carbocycles. The molecule has 2 atom stereocenters. The van der Waals surface area contributed by atoms with Crippen LogP contribution in [0, 0.1) is 18.3 Å². The van der Waals surface area contributed by atoms with Gasteiger partial charge in [0.05, 0.1) is 22.2 Å². The van der Waals surface area contributed by atoms with E-state index in [9.17, 15) is 9.90 Å². The number of halogens is 1. The van der Waals surface area contributed by atoms with Gasteiger partial charge in [-0.3, -0.25) is 0 Å². The molecule has 1 aliphatic rings. The molecular formula is C19H26ClN3O3. The normalized spacial score (nSPS) is 22.6. The molecule has 0 bridgehead atoms. The summed E-state index contributed by atoms with van der Waals surface area (Å²) in [6.07, 6.45) is 0.853. The van der Waals surface area contributed by atoms with E-state index in [-0.39, 0.29) is 0 Å². The van der Waals surface area contributed by atoms with Crippen molar-refractivity contribution in [2.45, 2.75) is 64.2 Å². The summed E-state index contributed by atoms with van der Waals surface area (Å²) in [4.78, 5) is 12.3. The standard InChI is InChI=1S/C19H26ClN3O3/c1-12-14(8-7-13(10-21)16(12)20)22-11-19(9-5-6-15(19)24)23-17(25)26-18(2,3)4/h7-8,15,22,24H,5-6,9,11H2,1-4H3,(H,23,25)/t15-,19+/m0/s1. The zero-order chi connectivity index (χ0) is 19.5. The fourth-order valence-electron chi connectivity index (χ4n) is 3.17. The van der Waals surface area contributed by atoms with E-state index in [0.717, 1.165) is 17.7 Å². The number of anilines is 1. The second-order valence-electron chi connectivity index (χ2n) is 7.76. The quantitative estimate of drug-likeness (QED) is 0.740. The molecule has 7 heteroatoms. The number of ether oxygens (including phenoxy) is 1. The Bertz CT molecular complexity index is 724. The summed E-state index contributed by atoms with van der Waals surface area (Å²) in [6, 6.07) is 5.48. The van der Waals surface area contributed by atoms with Crippen LogP contribution in [0.4, 0.5) is 10.5 Å². The SMILES string of the molecule is Cc1c(NC[C@]2(NC(=O)OC(C)(C)C)CCC[C@@H]2O)ccc(C#N)c1Cl. The minimum atomic E-state index is -0.810. The molecule has 0 radical (unpaired) electrons. The molecule has 1 fully saturated rings. The summed E-state index contributed by atoms with van der Waals surface area (Å²) in [5.74, 6) is 0. The zero-order valence-corrected chi connectivity index (χ0v) is 16.4. The summed E-state index contributed by atoms with van der Waals surface area (Å²) < 4.78 is 5.35. The Morgan fingerprint density at radius 3 is 2.73 bits per heavy atom. The van der Waals surface area contributed by atoms with Crippen molar-refractivity contribution in [3.8, 4) is 6.07 Å². The van der Waals surface area contributed by atoms with Gasteiger partial charge < -0.3 is 20.5 Å². The third kappa shape index (κ3) is 4.60. The number of amides is 1. The van der Waals surface area contributed by atoms with E-state index in [1.807, 2.05) is 13.0 Å². The van der Waals surface area contributed by atoms with Gasteiger partial charge in [-0.15, -0.1) is 0 Å². The number of benzene rings is 1. The molecule has 6 nitrogen and oxygen atoms in total. The van der Waals surface area contributed by atoms with Crippen molar-refractivity contribution in [2.24, 2.45) is 0 Å². The van der Waals surface area contributed by atoms with Crippen molar-refractivity contribution in [3.63, 3.8) is 0 Å². The van der Waals surface area contributed by atoms with Gasteiger partial charge in [-0.25, -0.2) is 4.79 Å². The van der Waals surface area contributed by atoms with Gasteiger partial charge in [0.2, 0.25) is 0 Å². The third-order valence-electron chi connectivity index (χ3n) is 4.59. The van der Waals surface area contributed by atoms with Crippen LogP contribution < -0.4 is 10.6 Å². The highest BCUT2D eigenvalue weighted by molar-refractivity contribution is 6.32. The van der Waals surface area contributed by atoms with Crippen molar-refractivity contribution in [3.05, 3.63) is 28.3 Å². The second-order valence-corrected chi connectivity index (χ2v) is 8.13. The van der Waals surface area contributed by atoms with Crippen LogP contribution in [0.3, 0.4) is 0 Å². The van der Waals surface area contributed by atoms with Crippen molar-refractivity contribution in [1.29, 1.82) is 5.26 Å². The van der Waals surface area contributed by atoms with E-state index in [4.69, 9.17) is 21.6 Å². The van der Waals surface area contributed by atoms with E-state index < -0.39 is 23.3 Å².